The predicted octanol–water partition coefficient (Wildman–Crippen LogP) is 3.81. The zero-order valence-corrected chi connectivity index (χ0v) is 10.1. The van der Waals surface area contributed by atoms with Crippen LogP contribution >= 0.6 is 23.2 Å². The maximum Gasteiger partial charge on any atom is 0.0721 e. The standard InChI is InChI=1S/C12H11Cl2NO/c13-11-2-1-8(5-12(11)14)7-16-10-3-9(4-10)6-15/h1-2,5,9-10H,3-4,7H2. The lowest BCUT2D eigenvalue weighted by atomic mass is 9.83. The molecule has 0 unspecified atom stereocenters. The Morgan fingerprint density at radius 3 is 2.69 bits per heavy atom. The Balaban J connectivity index is 1.82. The molecule has 0 saturated heterocycles. The van der Waals surface area contributed by atoms with Crippen LogP contribution in [0.2, 0.25) is 10.0 Å². The fourth-order valence-corrected chi connectivity index (χ4v) is 1.97. The van der Waals surface area contributed by atoms with Crippen molar-refractivity contribution in [3.05, 3.63) is 33.8 Å². The summed E-state index contributed by atoms with van der Waals surface area (Å²) < 4.78 is 5.64. The molecule has 1 aromatic rings. The van der Waals surface area contributed by atoms with E-state index in [1.807, 2.05) is 12.1 Å². The summed E-state index contributed by atoms with van der Waals surface area (Å²) in [5, 5.41) is 9.72. The van der Waals surface area contributed by atoms with Crippen molar-refractivity contribution < 1.29 is 4.74 Å². The fraction of sp³-hybridized carbons (Fsp3) is 0.417. The molecule has 2 rings (SSSR count). The van der Waals surface area contributed by atoms with Crippen LogP contribution in [0.5, 0.6) is 0 Å². The number of nitrogens with zero attached hydrogens (tertiary/aromatic N) is 1. The van der Waals surface area contributed by atoms with E-state index >= 15 is 0 Å². The highest BCUT2D eigenvalue weighted by Crippen LogP contribution is 2.30. The highest BCUT2D eigenvalue weighted by Gasteiger charge is 2.29. The number of benzene rings is 1. The number of nitriles is 1. The second kappa shape index (κ2) is 5.05. The molecular formula is C12H11Cl2NO. The van der Waals surface area contributed by atoms with Gasteiger partial charge in [0.15, 0.2) is 0 Å². The molecule has 0 amide bonds. The van der Waals surface area contributed by atoms with Crippen molar-refractivity contribution in [2.24, 2.45) is 5.92 Å². The van der Waals surface area contributed by atoms with E-state index in [9.17, 15) is 0 Å². The first-order chi connectivity index (χ1) is 7.69. The van der Waals surface area contributed by atoms with Gasteiger partial charge in [-0.1, -0.05) is 29.3 Å². The number of ether oxygens (including phenoxy) is 1. The Morgan fingerprint density at radius 2 is 2.06 bits per heavy atom. The molecule has 0 bridgehead atoms. The minimum Gasteiger partial charge on any atom is -0.373 e. The first-order valence-corrected chi connectivity index (χ1v) is 5.90. The Labute approximate surface area is 105 Å². The summed E-state index contributed by atoms with van der Waals surface area (Å²) in [5.41, 5.74) is 1.01. The molecule has 1 aliphatic rings. The average molecular weight is 256 g/mol. The van der Waals surface area contributed by atoms with Crippen molar-refractivity contribution in [3.8, 4) is 6.07 Å². The molecule has 1 fully saturated rings. The maximum absolute atomic E-state index is 8.62. The van der Waals surface area contributed by atoms with E-state index in [4.69, 9.17) is 33.2 Å². The Hall–Kier alpha value is -0.750. The lowest BCUT2D eigenvalue weighted by Crippen LogP contribution is -2.30. The van der Waals surface area contributed by atoms with Crippen molar-refractivity contribution >= 4 is 23.2 Å². The van der Waals surface area contributed by atoms with E-state index in [2.05, 4.69) is 6.07 Å². The van der Waals surface area contributed by atoms with Crippen molar-refractivity contribution in [1.82, 2.24) is 0 Å². The second-order valence-electron chi connectivity index (χ2n) is 3.98. The topological polar surface area (TPSA) is 33.0 Å². The zero-order valence-electron chi connectivity index (χ0n) is 8.62. The molecule has 0 aliphatic heterocycles. The largest absolute Gasteiger partial charge is 0.373 e. The van der Waals surface area contributed by atoms with E-state index in [1.165, 1.54) is 0 Å². The molecule has 2 nitrogen and oxygen atoms in total. The SMILES string of the molecule is N#CC1CC(OCc2ccc(Cl)c(Cl)c2)C1. The van der Waals surface area contributed by atoms with E-state index in [-0.39, 0.29) is 12.0 Å². The van der Waals surface area contributed by atoms with Gasteiger partial charge in [0.25, 0.3) is 0 Å². The van der Waals surface area contributed by atoms with Crippen molar-refractivity contribution in [1.29, 1.82) is 5.26 Å². The van der Waals surface area contributed by atoms with Crippen LogP contribution in [0, 0.1) is 17.2 Å². The Kier molecular flexibility index (Phi) is 3.70. The molecule has 1 aliphatic carbocycles. The van der Waals surface area contributed by atoms with Gasteiger partial charge in [0.2, 0.25) is 0 Å². The van der Waals surface area contributed by atoms with Crippen LogP contribution in [-0.4, -0.2) is 6.10 Å². The summed E-state index contributed by atoms with van der Waals surface area (Å²) >= 11 is 11.7. The molecule has 84 valence electrons. The highest BCUT2D eigenvalue weighted by molar-refractivity contribution is 6.41. The van der Waals surface area contributed by atoms with Gasteiger partial charge in [-0.15, -0.1) is 0 Å². The Bertz CT molecular complexity index is 422. The van der Waals surface area contributed by atoms with Gasteiger partial charge in [0, 0.05) is 0 Å². The third-order valence-electron chi connectivity index (χ3n) is 2.75. The summed E-state index contributed by atoms with van der Waals surface area (Å²) in [6.45, 7) is 0.527. The Morgan fingerprint density at radius 1 is 1.31 bits per heavy atom. The van der Waals surface area contributed by atoms with Crippen LogP contribution in [0.15, 0.2) is 18.2 Å². The summed E-state index contributed by atoms with van der Waals surface area (Å²) in [5.74, 6) is 0.179. The van der Waals surface area contributed by atoms with E-state index in [1.54, 1.807) is 6.07 Å². The van der Waals surface area contributed by atoms with Gasteiger partial charge in [-0.2, -0.15) is 5.26 Å². The van der Waals surface area contributed by atoms with Crippen molar-refractivity contribution in [2.75, 3.05) is 0 Å². The van der Waals surface area contributed by atoms with Gasteiger partial charge in [0.05, 0.1) is 34.7 Å². The van der Waals surface area contributed by atoms with Crippen LogP contribution in [0.4, 0.5) is 0 Å². The van der Waals surface area contributed by atoms with Crippen molar-refractivity contribution in [3.63, 3.8) is 0 Å². The quantitative estimate of drug-likeness (QED) is 0.823. The fourth-order valence-electron chi connectivity index (χ4n) is 1.65. The van der Waals surface area contributed by atoms with Crippen LogP contribution < -0.4 is 0 Å². The lowest BCUT2D eigenvalue weighted by Gasteiger charge is -2.30. The normalized spacial score (nSPS) is 23.6. The molecule has 0 radical (unpaired) electrons. The van der Waals surface area contributed by atoms with Crippen LogP contribution in [0.25, 0.3) is 0 Å². The number of hydrogen-bond donors (Lipinski definition) is 0. The monoisotopic (exact) mass is 255 g/mol. The van der Waals surface area contributed by atoms with Crippen LogP contribution in [0.1, 0.15) is 18.4 Å². The highest BCUT2D eigenvalue weighted by atomic mass is 35.5. The van der Waals surface area contributed by atoms with Crippen LogP contribution in [0.3, 0.4) is 0 Å². The molecule has 0 N–H and O–H groups in total. The maximum atomic E-state index is 8.62. The molecule has 0 heterocycles. The third-order valence-corrected chi connectivity index (χ3v) is 3.49. The molecule has 4 heteroatoms. The zero-order chi connectivity index (χ0) is 11.5. The van der Waals surface area contributed by atoms with Crippen molar-refractivity contribution in [2.45, 2.75) is 25.6 Å². The summed E-state index contributed by atoms with van der Waals surface area (Å²) in [6.07, 6.45) is 1.91. The molecule has 0 spiro atoms. The lowest BCUT2D eigenvalue weighted by molar-refractivity contribution is -0.0265. The summed E-state index contributed by atoms with van der Waals surface area (Å²) in [6, 6.07) is 7.70. The molecule has 1 aromatic carbocycles. The van der Waals surface area contributed by atoms with Crippen LogP contribution in [-0.2, 0) is 11.3 Å². The minimum absolute atomic E-state index is 0.179. The summed E-state index contributed by atoms with van der Waals surface area (Å²) in [7, 11) is 0. The smallest absolute Gasteiger partial charge is 0.0721 e. The van der Waals surface area contributed by atoms with Gasteiger partial charge >= 0.3 is 0 Å². The predicted molar refractivity (Wildman–Crippen MR) is 63.4 cm³/mol. The molecule has 1 saturated carbocycles. The van der Waals surface area contributed by atoms with Gasteiger partial charge in [-0.25, -0.2) is 0 Å². The summed E-state index contributed by atoms with van der Waals surface area (Å²) in [4.78, 5) is 0. The first-order valence-electron chi connectivity index (χ1n) is 5.14. The van der Waals surface area contributed by atoms with E-state index in [0.29, 0.717) is 16.7 Å². The molecule has 16 heavy (non-hydrogen) atoms. The molecule has 0 atom stereocenters. The van der Waals surface area contributed by atoms with Gasteiger partial charge in [0.1, 0.15) is 0 Å². The van der Waals surface area contributed by atoms with E-state index in [0.717, 1.165) is 18.4 Å². The third kappa shape index (κ3) is 2.68. The number of rotatable bonds is 3. The van der Waals surface area contributed by atoms with E-state index < -0.39 is 0 Å². The van der Waals surface area contributed by atoms with Gasteiger partial charge < -0.3 is 4.74 Å². The molecule has 0 aromatic heterocycles. The average Bonchev–Trinajstić information content (AvgIpc) is 2.21. The first kappa shape index (κ1) is 11.7. The number of hydrogen-bond acceptors (Lipinski definition) is 2. The van der Waals surface area contributed by atoms with Gasteiger partial charge in [-0.05, 0) is 30.5 Å². The molecular weight excluding hydrogens is 245 g/mol. The van der Waals surface area contributed by atoms with Gasteiger partial charge in [-0.3, -0.25) is 0 Å². The number of halogens is 2. The second-order valence-corrected chi connectivity index (χ2v) is 4.79. The minimum atomic E-state index is 0.179.